The van der Waals surface area contributed by atoms with Gasteiger partial charge in [-0.05, 0) is 82.1 Å². The second-order valence-electron chi connectivity index (χ2n) is 7.84. The first-order chi connectivity index (χ1) is 15.3. The Hall–Kier alpha value is -3.25. The molecule has 0 amide bonds. The SMILES string of the molecule is CCOC(=O)c1cc2cc(CC)ccc2nc1-c1ccc(OC(=O)C(C)(C)OCC)cc1. The molecule has 3 aromatic rings. The van der Waals surface area contributed by atoms with Crippen molar-refractivity contribution in [3.05, 3.63) is 59.7 Å². The Labute approximate surface area is 188 Å². The Morgan fingerprint density at radius 2 is 1.66 bits per heavy atom. The third-order valence-electron chi connectivity index (χ3n) is 5.12. The van der Waals surface area contributed by atoms with E-state index in [1.54, 1.807) is 45.0 Å². The molecule has 1 heterocycles. The smallest absolute Gasteiger partial charge is 0.343 e. The normalized spacial score (nSPS) is 11.4. The number of aromatic nitrogens is 1. The van der Waals surface area contributed by atoms with Gasteiger partial charge in [-0.1, -0.05) is 13.0 Å². The summed E-state index contributed by atoms with van der Waals surface area (Å²) in [4.78, 5) is 29.8. The Kier molecular flexibility index (Phi) is 7.26. The van der Waals surface area contributed by atoms with Crippen molar-refractivity contribution in [1.82, 2.24) is 4.98 Å². The van der Waals surface area contributed by atoms with E-state index in [1.165, 1.54) is 5.56 Å². The van der Waals surface area contributed by atoms with Crippen molar-refractivity contribution in [2.24, 2.45) is 0 Å². The Morgan fingerprint density at radius 3 is 2.28 bits per heavy atom. The quantitative estimate of drug-likeness (QED) is 0.350. The third kappa shape index (κ3) is 5.14. The maximum Gasteiger partial charge on any atom is 0.343 e. The highest BCUT2D eigenvalue weighted by Crippen LogP contribution is 2.29. The monoisotopic (exact) mass is 435 g/mol. The van der Waals surface area contributed by atoms with Crippen LogP contribution in [-0.4, -0.2) is 35.7 Å². The van der Waals surface area contributed by atoms with Gasteiger partial charge in [-0.2, -0.15) is 0 Å². The second-order valence-corrected chi connectivity index (χ2v) is 7.84. The predicted octanol–water partition coefficient (Wildman–Crippen LogP) is 5.36. The molecule has 0 N–H and O–H groups in total. The fourth-order valence-corrected chi connectivity index (χ4v) is 3.36. The van der Waals surface area contributed by atoms with Crippen molar-refractivity contribution in [3.63, 3.8) is 0 Å². The molecule has 32 heavy (non-hydrogen) atoms. The zero-order chi connectivity index (χ0) is 23.3. The molecule has 0 atom stereocenters. The Morgan fingerprint density at radius 1 is 0.938 bits per heavy atom. The number of carbonyl (C=O) groups excluding carboxylic acids is 2. The number of carbonyl (C=O) groups is 2. The molecular formula is C26H29NO5. The second kappa shape index (κ2) is 9.92. The topological polar surface area (TPSA) is 74.7 Å². The number of hydrogen-bond acceptors (Lipinski definition) is 6. The molecule has 168 valence electrons. The lowest BCUT2D eigenvalue weighted by atomic mass is 10.0. The minimum atomic E-state index is -1.04. The van der Waals surface area contributed by atoms with Crippen LogP contribution in [0.3, 0.4) is 0 Å². The van der Waals surface area contributed by atoms with Crippen molar-refractivity contribution < 1.29 is 23.8 Å². The number of benzene rings is 2. The fourth-order valence-electron chi connectivity index (χ4n) is 3.36. The van der Waals surface area contributed by atoms with Crippen LogP contribution in [0.2, 0.25) is 0 Å². The number of ether oxygens (including phenoxy) is 3. The van der Waals surface area contributed by atoms with E-state index in [0.29, 0.717) is 23.6 Å². The van der Waals surface area contributed by atoms with Crippen LogP contribution in [-0.2, 0) is 20.7 Å². The van der Waals surface area contributed by atoms with E-state index in [4.69, 9.17) is 19.2 Å². The molecule has 0 fully saturated rings. The first-order valence-electron chi connectivity index (χ1n) is 10.9. The van der Waals surface area contributed by atoms with Gasteiger partial charge in [0.25, 0.3) is 0 Å². The Bertz CT molecular complexity index is 1120. The summed E-state index contributed by atoms with van der Waals surface area (Å²) in [6.45, 7) is 9.70. The highest BCUT2D eigenvalue weighted by Gasteiger charge is 2.30. The first-order valence-corrected chi connectivity index (χ1v) is 10.9. The number of fused-ring (bicyclic) bond motifs is 1. The molecule has 0 spiro atoms. The van der Waals surface area contributed by atoms with E-state index in [1.807, 2.05) is 31.2 Å². The largest absolute Gasteiger partial charge is 0.462 e. The summed E-state index contributed by atoms with van der Waals surface area (Å²) in [6, 6.07) is 14.8. The maximum absolute atomic E-state index is 12.7. The lowest BCUT2D eigenvalue weighted by Gasteiger charge is -2.22. The van der Waals surface area contributed by atoms with Gasteiger partial charge in [-0.25, -0.2) is 14.6 Å². The van der Waals surface area contributed by atoms with E-state index in [-0.39, 0.29) is 6.61 Å². The molecule has 6 nitrogen and oxygen atoms in total. The van der Waals surface area contributed by atoms with Gasteiger partial charge in [-0.15, -0.1) is 0 Å². The van der Waals surface area contributed by atoms with E-state index in [2.05, 4.69) is 6.92 Å². The summed E-state index contributed by atoms with van der Waals surface area (Å²) in [5.41, 5.74) is 2.56. The maximum atomic E-state index is 12.7. The van der Waals surface area contributed by atoms with Gasteiger partial charge >= 0.3 is 11.9 Å². The van der Waals surface area contributed by atoms with Gasteiger partial charge < -0.3 is 14.2 Å². The van der Waals surface area contributed by atoms with E-state index in [9.17, 15) is 9.59 Å². The number of pyridine rings is 1. The van der Waals surface area contributed by atoms with Gasteiger partial charge in [0.2, 0.25) is 0 Å². The molecule has 0 radical (unpaired) electrons. The van der Waals surface area contributed by atoms with Crippen LogP contribution in [0.15, 0.2) is 48.5 Å². The van der Waals surface area contributed by atoms with Gasteiger partial charge in [0, 0.05) is 17.6 Å². The van der Waals surface area contributed by atoms with Crippen LogP contribution in [0.5, 0.6) is 5.75 Å². The molecule has 2 aromatic carbocycles. The van der Waals surface area contributed by atoms with Crippen molar-refractivity contribution in [3.8, 4) is 17.0 Å². The van der Waals surface area contributed by atoms with E-state index >= 15 is 0 Å². The molecule has 6 heteroatoms. The minimum absolute atomic E-state index is 0.274. The molecule has 0 aliphatic rings. The van der Waals surface area contributed by atoms with E-state index < -0.39 is 17.5 Å². The number of esters is 2. The minimum Gasteiger partial charge on any atom is -0.462 e. The number of hydrogen-bond donors (Lipinski definition) is 0. The molecule has 0 unspecified atom stereocenters. The standard InChI is InChI=1S/C26H29NO5/c1-6-17-9-14-22-19(15-17)16-21(24(28)30-7-2)23(27-22)18-10-12-20(13-11-18)32-25(29)26(4,5)31-8-3/h9-16H,6-8H2,1-5H3. The van der Waals surface area contributed by atoms with Crippen LogP contribution < -0.4 is 4.74 Å². The average molecular weight is 436 g/mol. The predicted molar refractivity (Wildman–Crippen MR) is 124 cm³/mol. The van der Waals surface area contributed by atoms with Gasteiger partial charge in [0.05, 0.1) is 23.4 Å². The van der Waals surface area contributed by atoms with Gasteiger partial charge in [0.15, 0.2) is 5.60 Å². The summed E-state index contributed by atoms with van der Waals surface area (Å²) in [5.74, 6) is -0.514. The van der Waals surface area contributed by atoms with Crippen LogP contribution >= 0.6 is 0 Å². The Balaban J connectivity index is 1.98. The fraction of sp³-hybridized carbons (Fsp3) is 0.346. The summed E-state index contributed by atoms with van der Waals surface area (Å²) in [6.07, 6.45) is 0.896. The first kappa shape index (κ1) is 23.4. The van der Waals surface area contributed by atoms with Crippen LogP contribution in [0, 0.1) is 0 Å². The zero-order valence-corrected chi connectivity index (χ0v) is 19.2. The summed E-state index contributed by atoms with van der Waals surface area (Å²) in [5, 5.41) is 0.889. The van der Waals surface area contributed by atoms with Crippen LogP contribution in [0.1, 0.15) is 50.5 Å². The molecule has 0 aliphatic carbocycles. The average Bonchev–Trinajstić information content (AvgIpc) is 2.78. The molecule has 0 aliphatic heterocycles. The van der Waals surface area contributed by atoms with Gasteiger partial charge in [-0.3, -0.25) is 0 Å². The van der Waals surface area contributed by atoms with Crippen molar-refractivity contribution in [1.29, 1.82) is 0 Å². The van der Waals surface area contributed by atoms with Crippen molar-refractivity contribution in [2.45, 2.75) is 46.6 Å². The van der Waals surface area contributed by atoms with Crippen molar-refractivity contribution >= 4 is 22.8 Å². The number of rotatable bonds is 8. The lowest BCUT2D eigenvalue weighted by Crippen LogP contribution is -2.38. The number of nitrogens with zero attached hydrogens (tertiary/aromatic N) is 1. The summed E-state index contributed by atoms with van der Waals surface area (Å²) >= 11 is 0. The molecular weight excluding hydrogens is 406 g/mol. The molecule has 0 saturated carbocycles. The molecule has 0 bridgehead atoms. The third-order valence-corrected chi connectivity index (χ3v) is 5.12. The molecule has 0 saturated heterocycles. The van der Waals surface area contributed by atoms with Crippen LogP contribution in [0.4, 0.5) is 0 Å². The summed E-state index contributed by atoms with van der Waals surface area (Å²) < 4.78 is 16.2. The van der Waals surface area contributed by atoms with Gasteiger partial charge in [0.1, 0.15) is 5.75 Å². The lowest BCUT2D eigenvalue weighted by molar-refractivity contribution is -0.157. The molecule has 1 aromatic heterocycles. The zero-order valence-electron chi connectivity index (χ0n) is 19.2. The van der Waals surface area contributed by atoms with Crippen LogP contribution in [0.25, 0.3) is 22.2 Å². The molecule has 3 rings (SSSR count). The number of aryl methyl sites for hydroxylation is 1. The van der Waals surface area contributed by atoms with Crippen molar-refractivity contribution in [2.75, 3.05) is 13.2 Å². The summed E-state index contributed by atoms with van der Waals surface area (Å²) in [7, 11) is 0. The van der Waals surface area contributed by atoms with E-state index in [0.717, 1.165) is 22.9 Å². The highest BCUT2D eigenvalue weighted by molar-refractivity contribution is 6.00. The highest BCUT2D eigenvalue weighted by atomic mass is 16.6.